The number of hydrogen-bond donors (Lipinski definition) is 0. The molecule has 0 unspecified atom stereocenters. The third-order valence-corrected chi connectivity index (χ3v) is 2.49. The van der Waals surface area contributed by atoms with Crippen molar-refractivity contribution < 1.29 is 9.76 Å². The number of nitrogens with zero attached hydrogens (tertiary/aromatic N) is 2. The molecule has 0 aromatic heterocycles. The van der Waals surface area contributed by atoms with Crippen molar-refractivity contribution in [2.75, 3.05) is 0 Å². The van der Waals surface area contributed by atoms with Gasteiger partial charge in [-0.05, 0) is 19.9 Å². The molecule has 1 aromatic carbocycles. The molecule has 5 nitrogen and oxygen atoms in total. The van der Waals surface area contributed by atoms with E-state index < -0.39 is 4.92 Å². The van der Waals surface area contributed by atoms with Gasteiger partial charge in [-0.3, -0.25) is 10.1 Å². The Balaban J connectivity index is 2.93. The van der Waals surface area contributed by atoms with E-state index in [0.717, 1.165) is 5.71 Å². The highest BCUT2D eigenvalue weighted by atomic mass is 79.9. The molecule has 0 aliphatic rings. The molecule has 0 saturated heterocycles. The van der Waals surface area contributed by atoms with Crippen LogP contribution in [0.4, 0.5) is 5.69 Å². The fraction of sp³-hybridized carbons (Fsp3) is 0.300. The van der Waals surface area contributed by atoms with Gasteiger partial charge in [0.1, 0.15) is 6.61 Å². The van der Waals surface area contributed by atoms with Gasteiger partial charge in [-0.2, -0.15) is 0 Å². The van der Waals surface area contributed by atoms with E-state index >= 15 is 0 Å². The molecule has 0 aliphatic carbocycles. The standard InChI is InChI=1S/C10H11BrN2O3/c1-7(2)12-16-6-8-9(11)4-3-5-10(8)13(14)15/h3-5H,6H2,1-2H3. The molecule has 0 radical (unpaired) electrons. The molecular formula is C10H11BrN2O3. The molecule has 16 heavy (non-hydrogen) atoms. The Hall–Kier alpha value is -1.43. The minimum atomic E-state index is -0.439. The highest BCUT2D eigenvalue weighted by Crippen LogP contribution is 2.27. The number of oxime groups is 1. The molecule has 0 amide bonds. The van der Waals surface area contributed by atoms with Crippen molar-refractivity contribution in [3.8, 4) is 0 Å². The smallest absolute Gasteiger partial charge is 0.277 e. The summed E-state index contributed by atoms with van der Waals surface area (Å²) in [6.45, 7) is 3.64. The van der Waals surface area contributed by atoms with E-state index in [4.69, 9.17) is 4.84 Å². The predicted octanol–water partition coefficient (Wildman–Crippen LogP) is 3.27. The molecule has 6 heteroatoms. The van der Waals surface area contributed by atoms with Gasteiger partial charge in [0, 0.05) is 10.5 Å². The second-order valence-electron chi connectivity index (χ2n) is 3.31. The van der Waals surface area contributed by atoms with Crippen molar-refractivity contribution in [1.82, 2.24) is 0 Å². The molecule has 0 N–H and O–H groups in total. The maximum absolute atomic E-state index is 10.8. The zero-order chi connectivity index (χ0) is 12.1. The van der Waals surface area contributed by atoms with Crippen LogP contribution in [-0.4, -0.2) is 10.6 Å². The molecule has 0 saturated carbocycles. The second-order valence-corrected chi connectivity index (χ2v) is 4.16. The minimum Gasteiger partial charge on any atom is -0.391 e. The average Bonchev–Trinajstić information content (AvgIpc) is 2.19. The average molecular weight is 287 g/mol. The lowest BCUT2D eigenvalue weighted by Crippen LogP contribution is -1.98. The highest BCUT2D eigenvalue weighted by molar-refractivity contribution is 9.10. The third kappa shape index (κ3) is 3.30. The minimum absolute atomic E-state index is 0.0262. The van der Waals surface area contributed by atoms with E-state index in [1.165, 1.54) is 6.07 Å². The van der Waals surface area contributed by atoms with Gasteiger partial charge in [0.25, 0.3) is 5.69 Å². The van der Waals surface area contributed by atoms with Gasteiger partial charge in [-0.25, -0.2) is 0 Å². The van der Waals surface area contributed by atoms with Crippen molar-refractivity contribution in [2.45, 2.75) is 20.5 Å². The van der Waals surface area contributed by atoms with Gasteiger partial charge in [-0.15, -0.1) is 0 Å². The lowest BCUT2D eigenvalue weighted by molar-refractivity contribution is -0.386. The van der Waals surface area contributed by atoms with Crippen LogP contribution < -0.4 is 0 Å². The summed E-state index contributed by atoms with van der Waals surface area (Å²) < 4.78 is 0.644. The van der Waals surface area contributed by atoms with Crippen molar-refractivity contribution in [1.29, 1.82) is 0 Å². The maximum Gasteiger partial charge on any atom is 0.277 e. The number of rotatable bonds is 4. The van der Waals surface area contributed by atoms with Crippen LogP contribution in [0.2, 0.25) is 0 Å². The van der Waals surface area contributed by atoms with Crippen LogP contribution in [0.3, 0.4) is 0 Å². The molecule has 0 fully saturated rings. The van der Waals surface area contributed by atoms with Crippen LogP contribution in [-0.2, 0) is 11.4 Å². The maximum atomic E-state index is 10.8. The summed E-state index contributed by atoms with van der Waals surface area (Å²) in [6, 6.07) is 4.78. The summed E-state index contributed by atoms with van der Waals surface area (Å²) in [5.41, 5.74) is 1.27. The van der Waals surface area contributed by atoms with Crippen LogP contribution in [0.25, 0.3) is 0 Å². The van der Waals surface area contributed by atoms with E-state index in [1.807, 2.05) is 0 Å². The Morgan fingerprint density at radius 3 is 2.81 bits per heavy atom. The summed E-state index contributed by atoms with van der Waals surface area (Å²) in [5, 5.41) is 14.5. The summed E-state index contributed by atoms with van der Waals surface area (Å²) in [6.07, 6.45) is 0. The predicted molar refractivity (Wildman–Crippen MR) is 64.4 cm³/mol. The molecule has 0 aliphatic heterocycles. The first-order valence-corrected chi connectivity index (χ1v) is 5.36. The van der Waals surface area contributed by atoms with Gasteiger partial charge in [0.15, 0.2) is 0 Å². The van der Waals surface area contributed by atoms with Crippen molar-refractivity contribution >= 4 is 27.3 Å². The van der Waals surface area contributed by atoms with Gasteiger partial charge < -0.3 is 4.84 Å². The quantitative estimate of drug-likeness (QED) is 0.485. The monoisotopic (exact) mass is 286 g/mol. The van der Waals surface area contributed by atoms with Gasteiger partial charge in [0.2, 0.25) is 0 Å². The summed E-state index contributed by atoms with van der Waals surface area (Å²) in [5.74, 6) is 0. The summed E-state index contributed by atoms with van der Waals surface area (Å²) in [7, 11) is 0. The Labute approximate surface area is 101 Å². The van der Waals surface area contributed by atoms with Crippen LogP contribution >= 0.6 is 15.9 Å². The third-order valence-electron chi connectivity index (χ3n) is 1.75. The molecule has 0 atom stereocenters. The topological polar surface area (TPSA) is 64.7 Å². The number of benzene rings is 1. The first kappa shape index (κ1) is 12.6. The number of nitro benzene ring substituents is 1. The molecule has 0 spiro atoms. The Morgan fingerprint density at radius 1 is 1.56 bits per heavy atom. The van der Waals surface area contributed by atoms with Crippen molar-refractivity contribution in [3.63, 3.8) is 0 Å². The molecule has 0 heterocycles. The molecule has 1 aromatic rings. The second kappa shape index (κ2) is 5.60. The van der Waals surface area contributed by atoms with E-state index in [1.54, 1.807) is 26.0 Å². The molecular weight excluding hydrogens is 276 g/mol. The van der Waals surface area contributed by atoms with Crippen molar-refractivity contribution in [2.24, 2.45) is 5.16 Å². The Bertz CT molecular complexity index is 428. The Morgan fingerprint density at radius 2 is 2.25 bits per heavy atom. The number of halogens is 1. The lowest BCUT2D eigenvalue weighted by Gasteiger charge is -2.04. The van der Waals surface area contributed by atoms with Crippen molar-refractivity contribution in [3.05, 3.63) is 38.3 Å². The van der Waals surface area contributed by atoms with Crippen LogP contribution in [0.1, 0.15) is 19.4 Å². The molecule has 1 rings (SSSR count). The van der Waals surface area contributed by atoms with E-state index in [9.17, 15) is 10.1 Å². The molecule has 0 bridgehead atoms. The fourth-order valence-corrected chi connectivity index (χ4v) is 1.56. The first-order valence-electron chi connectivity index (χ1n) is 4.57. The van der Waals surface area contributed by atoms with Crippen LogP contribution in [0, 0.1) is 10.1 Å². The van der Waals surface area contributed by atoms with Crippen LogP contribution in [0.5, 0.6) is 0 Å². The fourth-order valence-electron chi connectivity index (χ4n) is 1.09. The SMILES string of the molecule is CC(C)=NOCc1c(Br)cccc1[N+](=O)[O-]. The highest BCUT2D eigenvalue weighted by Gasteiger charge is 2.16. The van der Waals surface area contributed by atoms with E-state index in [-0.39, 0.29) is 12.3 Å². The van der Waals surface area contributed by atoms with Crippen LogP contribution in [0.15, 0.2) is 27.8 Å². The largest absolute Gasteiger partial charge is 0.391 e. The normalized spacial score (nSPS) is 9.69. The summed E-state index contributed by atoms with van der Waals surface area (Å²) in [4.78, 5) is 15.3. The zero-order valence-electron chi connectivity index (χ0n) is 8.94. The molecule has 86 valence electrons. The first-order chi connectivity index (χ1) is 7.52. The van der Waals surface area contributed by atoms with Gasteiger partial charge >= 0.3 is 0 Å². The van der Waals surface area contributed by atoms with E-state index in [2.05, 4.69) is 21.1 Å². The Kier molecular flexibility index (Phi) is 4.42. The number of hydrogen-bond acceptors (Lipinski definition) is 4. The zero-order valence-corrected chi connectivity index (χ0v) is 10.5. The number of nitro groups is 1. The van der Waals surface area contributed by atoms with Gasteiger partial charge in [0.05, 0.1) is 16.2 Å². The van der Waals surface area contributed by atoms with E-state index in [0.29, 0.717) is 10.0 Å². The lowest BCUT2D eigenvalue weighted by atomic mass is 10.2. The van der Waals surface area contributed by atoms with Gasteiger partial charge in [-0.1, -0.05) is 27.2 Å². The summed E-state index contributed by atoms with van der Waals surface area (Å²) >= 11 is 3.25.